The van der Waals surface area contributed by atoms with Crippen LogP contribution in [-0.4, -0.2) is 52.6 Å². The molecular formula is C33H36N6O. The molecule has 5 aromatic rings. The van der Waals surface area contributed by atoms with Crippen LogP contribution in [0.25, 0.3) is 33.4 Å². The molecule has 2 aromatic carbocycles. The van der Waals surface area contributed by atoms with Gasteiger partial charge in [0, 0.05) is 61.0 Å². The minimum Gasteiger partial charge on any atom is -0.464 e. The van der Waals surface area contributed by atoms with Gasteiger partial charge >= 0.3 is 0 Å². The summed E-state index contributed by atoms with van der Waals surface area (Å²) in [5.74, 6) is 2.59. The first kappa shape index (κ1) is 26.0. The average molecular weight is 533 g/mol. The number of fused-ring (bicyclic) bond motifs is 1. The van der Waals surface area contributed by atoms with Crippen LogP contribution in [-0.2, 0) is 0 Å². The zero-order valence-electron chi connectivity index (χ0n) is 23.7. The third kappa shape index (κ3) is 5.42. The van der Waals surface area contributed by atoms with E-state index in [4.69, 9.17) is 14.4 Å². The summed E-state index contributed by atoms with van der Waals surface area (Å²) in [5.41, 5.74) is 7.40. The lowest BCUT2D eigenvalue weighted by Gasteiger charge is -2.34. The summed E-state index contributed by atoms with van der Waals surface area (Å²) < 4.78 is 5.62. The molecular weight excluding hydrogens is 496 g/mol. The highest BCUT2D eigenvalue weighted by Crippen LogP contribution is 2.30. The molecule has 0 saturated carbocycles. The molecule has 7 heteroatoms. The molecule has 1 atom stereocenters. The molecule has 0 aliphatic carbocycles. The second-order valence-electron chi connectivity index (χ2n) is 10.6. The number of nitrogens with one attached hydrogen (secondary N) is 1. The van der Waals surface area contributed by atoms with Crippen LogP contribution in [0.1, 0.15) is 36.8 Å². The van der Waals surface area contributed by atoms with E-state index in [9.17, 15) is 0 Å². The number of piperazine rings is 1. The van der Waals surface area contributed by atoms with Crippen LogP contribution in [0, 0.1) is 13.8 Å². The van der Waals surface area contributed by atoms with Gasteiger partial charge in [0.1, 0.15) is 23.0 Å². The Morgan fingerprint density at radius 3 is 2.50 bits per heavy atom. The van der Waals surface area contributed by atoms with Crippen molar-refractivity contribution in [2.24, 2.45) is 0 Å². The van der Waals surface area contributed by atoms with Crippen molar-refractivity contribution in [2.75, 3.05) is 42.9 Å². The minimum absolute atomic E-state index is 0.0581. The van der Waals surface area contributed by atoms with Gasteiger partial charge in [-0.1, -0.05) is 25.1 Å². The Bertz CT molecular complexity index is 1620. The highest BCUT2D eigenvalue weighted by Gasteiger charge is 2.17. The third-order valence-electron chi connectivity index (χ3n) is 7.88. The van der Waals surface area contributed by atoms with Gasteiger partial charge in [-0.25, -0.2) is 15.0 Å². The van der Waals surface area contributed by atoms with Crippen molar-refractivity contribution in [3.05, 3.63) is 90.1 Å². The maximum Gasteiger partial charge on any atom is 0.134 e. The first-order valence-electron chi connectivity index (χ1n) is 14.1. The van der Waals surface area contributed by atoms with Gasteiger partial charge in [-0.05, 0) is 80.4 Å². The number of hydrogen-bond acceptors (Lipinski definition) is 7. The molecule has 0 bridgehead atoms. The molecule has 1 unspecified atom stereocenters. The summed E-state index contributed by atoms with van der Waals surface area (Å²) in [4.78, 5) is 19.1. The first-order chi connectivity index (χ1) is 19.5. The van der Waals surface area contributed by atoms with Crippen LogP contribution < -0.4 is 10.2 Å². The monoisotopic (exact) mass is 532 g/mol. The normalized spacial score (nSPS) is 14.9. The number of pyridine rings is 1. The van der Waals surface area contributed by atoms with Crippen LogP contribution in [0.3, 0.4) is 0 Å². The second-order valence-corrected chi connectivity index (χ2v) is 10.6. The molecule has 4 heterocycles. The van der Waals surface area contributed by atoms with E-state index in [2.05, 4.69) is 83.3 Å². The Morgan fingerprint density at radius 2 is 1.73 bits per heavy atom. The first-order valence-corrected chi connectivity index (χ1v) is 14.1. The maximum atomic E-state index is 5.62. The molecule has 1 N–H and O–H groups in total. The van der Waals surface area contributed by atoms with Crippen molar-refractivity contribution in [1.29, 1.82) is 0 Å². The number of benzene rings is 2. The van der Waals surface area contributed by atoms with Crippen LogP contribution in [0.4, 0.5) is 11.6 Å². The van der Waals surface area contributed by atoms with Crippen LogP contribution in [0.5, 0.6) is 0 Å². The number of furan rings is 1. The average Bonchev–Trinajstić information content (AvgIpc) is 3.37. The number of likely N-dealkylation sites (N-methyl/N-ethyl adjacent to an activating group) is 1. The molecule has 0 radical (unpaired) electrons. The van der Waals surface area contributed by atoms with Gasteiger partial charge in [-0.3, -0.25) is 0 Å². The lowest BCUT2D eigenvalue weighted by Crippen LogP contribution is -2.46. The second kappa shape index (κ2) is 11.1. The smallest absolute Gasteiger partial charge is 0.134 e. The van der Waals surface area contributed by atoms with Crippen molar-refractivity contribution in [2.45, 2.75) is 33.7 Å². The third-order valence-corrected chi connectivity index (χ3v) is 7.88. The molecule has 1 saturated heterocycles. The van der Waals surface area contributed by atoms with Crippen molar-refractivity contribution in [3.8, 4) is 22.4 Å². The lowest BCUT2D eigenvalue weighted by molar-refractivity contribution is 0.270. The zero-order chi connectivity index (χ0) is 27.6. The van der Waals surface area contributed by atoms with Crippen LogP contribution >= 0.6 is 0 Å². The van der Waals surface area contributed by atoms with E-state index in [1.165, 1.54) is 5.56 Å². The number of aryl methyl sites for hydroxylation is 2. The number of aromatic nitrogens is 3. The van der Waals surface area contributed by atoms with E-state index in [1.807, 2.05) is 31.3 Å². The summed E-state index contributed by atoms with van der Waals surface area (Å²) in [6.45, 7) is 13.7. The lowest BCUT2D eigenvalue weighted by atomic mass is 10.0. The largest absolute Gasteiger partial charge is 0.464 e. The fraction of sp³-hybridized carbons (Fsp3) is 0.303. The Kier molecular flexibility index (Phi) is 7.22. The van der Waals surface area contributed by atoms with Gasteiger partial charge in [-0.2, -0.15) is 0 Å². The standard InChI is InChI=1S/C33H36N6O/c1-5-38-13-15-39(16-14-38)33-12-10-28(20-34-33)26-8-6-7-25(17-26)23(3)35-32-19-30(36-24(4)37-32)27-9-11-31-29(18-27)22(2)21-40-31/h6-12,17-21,23H,5,13-16H2,1-4H3,(H,35,36,37). The molecule has 1 aliphatic rings. The van der Waals surface area contributed by atoms with Crippen molar-refractivity contribution >= 4 is 22.6 Å². The highest BCUT2D eigenvalue weighted by atomic mass is 16.3. The summed E-state index contributed by atoms with van der Waals surface area (Å²) >= 11 is 0. The molecule has 1 fully saturated rings. The highest BCUT2D eigenvalue weighted by molar-refractivity contribution is 5.85. The molecule has 204 valence electrons. The van der Waals surface area contributed by atoms with Gasteiger partial charge in [0.15, 0.2) is 0 Å². The molecule has 1 aliphatic heterocycles. The summed E-state index contributed by atoms with van der Waals surface area (Å²) in [7, 11) is 0. The van der Waals surface area contributed by atoms with E-state index >= 15 is 0 Å². The van der Waals surface area contributed by atoms with Gasteiger partial charge in [-0.15, -0.1) is 0 Å². The predicted molar refractivity (Wildman–Crippen MR) is 163 cm³/mol. The van der Waals surface area contributed by atoms with Crippen LogP contribution in [0.15, 0.2) is 77.5 Å². The van der Waals surface area contributed by atoms with Crippen molar-refractivity contribution in [1.82, 2.24) is 19.9 Å². The van der Waals surface area contributed by atoms with Gasteiger partial charge in [0.2, 0.25) is 0 Å². The molecule has 6 rings (SSSR count). The van der Waals surface area contributed by atoms with E-state index in [1.54, 1.807) is 6.26 Å². The Hall–Kier alpha value is -4.23. The molecule has 3 aromatic heterocycles. The van der Waals surface area contributed by atoms with Gasteiger partial charge in [0.05, 0.1) is 12.0 Å². The van der Waals surface area contributed by atoms with Gasteiger partial charge < -0.3 is 19.5 Å². The predicted octanol–water partition coefficient (Wildman–Crippen LogP) is 6.88. The SMILES string of the molecule is CCN1CCN(c2ccc(-c3cccc(C(C)Nc4cc(-c5ccc6occ(C)c6c5)nc(C)n4)c3)cn2)CC1. The fourth-order valence-electron chi connectivity index (χ4n) is 5.43. The number of nitrogens with zero attached hydrogens (tertiary/aromatic N) is 5. The van der Waals surface area contributed by atoms with E-state index < -0.39 is 0 Å². The number of anilines is 2. The minimum atomic E-state index is 0.0581. The molecule has 0 amide bonds. The Labute approximate surface area is 235 Å². The zero-order valence-corrected chi connectivity index (χ0v) is 23.7. The summed E-state index contributed by atoms with van der Waals surface area (Å²) in [6, 6.07) is 21.3. The quantitative estimate of drug-likeness (QED) is 0.245. The van der Waals surface area contributed by atoms with E-state index in [-0.39, 0.29) is 6.04 Å². The van der Waals surface area contributed by atoms with E-state index in [0.29, 0.717) is 0 Å². The topological polar surface area (TPSA) is 70.3 Å². The van der Waals surface area contributed by atoms with Crippen LogP contribution in [0.2, 0.25) is 0 Å². The fourth-order valence-corrected chi connectivity index (χ4v) is 5.43. The summed E-state index contributed by atoms with van der Waals surface area (Å²) in [6.07, 6.45) is 3.79. The van der Waals surface area contributed by atoms with Crippen molar-refractivity contribution < 1.29 is 4.42 Å². The molecule has 40 heavy (non-hydrogen) atoms. The molecule has 7 nitrogen and oxygen atoms in total. The Balaban J connectivity index is 1.18. The molecule has 0 spiro atoms. The number of rotatable bonds is 7. The number of hydrogen-bond donors (Lipinski definition) is 1. The van der Waals surface area contributed by atoms with Gasteiger partial charge in [0.25, 0.3) is 0 Å². The van der Waals surface area contributed by atoms with E-state index in [0.717, 1.165) is 89.1 Å². The Morgan fingerprint density at radius 1 is 0.900 bits per heavy atom. The van der Waals surface area contributed by atoms with Crippen molar-refractivity contribution in [3.63, 3.8) is 0 Å². The maximum absolute atomic E-state index is 5.62. The summed E-state index contributed by atoms with van der Waals surface area (Å²) in [5, 5.41) is 4.70.